The summed E-state index contributed by atoms with van der Waals surface area (Å²) in [4.78, 5) is 2.46. The molecule has 1 unspecified atom stereocenters. The summed E-state index contributed by atoms with van der Waals surface area (Å²) in [6.45, 7) is 7.91. The average molecular weight is 471 g/mol. The van der Waals surface area contributed by atoms with Gasteiger partial charge < -0.3 is 9.84 Å². The van der Waals surface area contributed by atoms with E-state index in [2.05, 4.69) is 39.4 Å². The molecule has 33 heavy (non-hydrogen) atoms. The van der Waals surface area contributed by atoms with Gasteiger partial charge >= 0.3 is 0 Å². The molecule has 2 atom stereocenters. The van der Waals surface area contributed by atoms with Crippen molar-refractivity contribution >= 4 is 11.6 Å². The fraction of sp³-hybridized carbons (Fsp3) is 0.542. The maximum Gasteiger partial charge on any atom is 0.0967 e. The Morgan fingerprint density at radius 2 is 2.12 bits per heavy atom. The molecule has 3 aromatic rings. The van der Waals surface area contributed by atoms with Gasteiger partial charge in [-0.15, -0.1) is 5.10 Å². The molecule has 0 amide bonds. The van der Waals surface area contributed by atoms with Gasteiger partial charge in [-0.25, -0.2) is 4.68 Å². The summed E-state index contributed by atoms with van der Waals surface area (Å²) in [7, 11) is 0. The van der Waals surface area contributed by atoms with Crippen molar-refractivity contribution in [1.82, 2.24) is 29.7 Å². The highest BCUT2D eigenvalue weighted by atomic mass is 35.5. The molecule has 1 fully saturated rings. The second kappa shape index (κ2) is 9.18. The summed E-state index contributed by atoms with van der Waals surface area (Å²) in [5, 5.41) is 23.1. The Balaban J connectivity index is 1.25. The Kier molecular flexibility index (Phi) is 6.26. The molecule has 0 radical (unpaired) electrons. The van der Waals surface area contributed by atoms with Crippen molar-refractivity contribution in [2.24, 2.45) is 0 Å². The highest BCUT2D eigenvalue weighted by Crippen LogP contribution is 2.44. The van der Waals surface area contributed by atoms with Crippen LogP contribution >= 0.6 is 11.6 Å². The first-order valence-corrected chi connectivity index (χ1v) is 12.0. The van der Waals surface area contributed by atoms with Gasteiger partial charge in [0.05, 0.1) is 49.5 Å². The lowest BCUT2D eigenvalue weighted by atomic mass is 9.77. The number of nitrogens with zero attached hydrogens (tertiary/aromatic N) is 6. The molecule has 176 valence electrons. The van der Waals surface area contributed by atoms with E-state index in [0.29, 0.717) is 19.1 Å². The Morgan fingerprint density at radius 1 is 1.24 bits per heavy atom. The SMILES string of the molecule is Cc1nn(CCO)cc1Cn1cc(CN2CCC3(C[C@@H]2C)OCCc2ccc(Cl)cc23)nn1. The number of piperidine rings is 1. The largest absolute Gasteiger partial charge is 0.394 e. The van der Waals surface area contributed by atoms with E-state index in [9.17, 15) is 0 Å². The van der Waals surface area contributed by atoms with Crippen molar-refractivity contribution in [3.05, 3.63) is 63.7 Å². The second-order valence-corrected chi connectivity index (χ2v) is 9.74. The van der Waals surface area contributed by atoms with Gasteiger partial charge in [-0.1, -0.05) is 22.9 Å². The van der Waals surface area contributed by atoms with E-state index in [4.69, 9.17) is 21.4 Å². The number of rotatable bonds is 6. The summed E-state index contributed by atoms with van der Waals surface area (Å²) in [5.41, 5.74) is 5.40. The first kappa shape index (κ1) is 22.5. The summed E-state index contributed by atoms with van der Waals surface area (Å²) in [5.74, 6) is 0. The fourth-order valence-electron chi connectivity index (χ4n) is 5.29. The van der Waals surface area contributed by atoms with Crippen LogP contribution in [0.3, 0.4) is 0 Å². The zero-order valence-corrected chi connectivity index (χ0v) is 20.0. The number of halogens is 1. The van der Waals surface area contributed by atoms with Gasteiger partial charge in [0.2, 0.25) is 0 Å². The second-order valence-electron chi connectivity index (χ2n) is 9.30. The number of aliphatic hydroxyl groups excluding tert-OH is 1. The third-order valence-electron chi connectivity index (χ3n) is 7.02. The molecule has 8 nitrogen and oxygen atoms in total. The summed E-state index contributed by atoms with van der Waals surface area (Å²) < 4.78 is 10.0. The van der Waals surface area contributed by atoms with Crippen molar-refractivity contribution in [2.45, 2.75) is 64.4 Å². The van der Waals surface area contributed by atoms with Crippen LogP contribution in [0.2, 0.25) is 5.02 Å². The minimum atomic E-state index is -0.238. The molecule has 2 aromatic heterocycles. The molecule has 5 rings (SSSR count). The average Bonchev–Trinajstić information content (AvgIpc) is 3.37. The maximum atomic E-state index is 9.13. The third kappa shape index (κ3) is 4.57. The highest BCUT2D eigenvalue weighted by Gasteiger charge is 2.43. The van der Waals surface area contributed by atoms with Gasteiger partial charge in [0.25, 0.3) is 0 Å². The maximum absolute atomic E-state index is 9.13. The molecule has 1 saturated heterocycles. The zero-order chi connectivity index (χ0) is 23.0. The molecule has 1 N–H and O–H groups in total. The lowest BCUT2D eigenvalue weighted by Crippen LogP contribution is -2.50. The monoisotopic (exact) mass is 470 g/mol. The van der Waals surface area contributed by atoms with Crippen molar-refractivity contribution in [3.63, 3.8) is 0 Å². The van der Waals surface area contributed by atoms with E-state index in [1.807, 2.05) is 30.1 Å². The number of fused-ring (bicyclic) bond motifs is 2. The van der Waals surface area contributed by atoms with E-state index in [0.717, 1.165) is 60.9 Å². The number of ether oxygens (including phenoxy) is 1. The van der Waals surface area contributed by atoms with Crippen molar-refractivity contribution < 1.29 is 9.84 Å². The number of aromatic nitrogens is 5. The number of aliphatic hydroxyl groups is 1. The highest BCUT2D eigenvalue weighted by molar-refractivity contribution is 6.30. The lowest BCUT2D eigenvalue weighted by molar-refractivity contribution is -0.113. The standard InChI is InChI=1S/C24H31ClN6O2/c1-17-12-24(23-11-21(25)4-3-19(23)5-10-33-24)6-7-29(17)15-22-16-31(28-26-22)14-20-13-30(8-9-32)27-18(20)2/h3-4,11,13,16-17,32H,5-10,12,14-15H2,1-2H3/t17-,24?/m0/s1. The molecule has 0 bridgehead atoms. The van der Waals surface area contributed by atoms with E-state index >= 15 is 0 Å². The van der Waals surface area contributed by atoms with E-state index in [1.54, 1.807) is 4.68 Å². The molecule has 1 spiro atoms. The van der Waals surface area contributed by atoms with Gasteiger partial charge in [-0.3, -0.25) is 9.58 Å². The smallest absolute Gasteiger partial charge is 0.0967 e. The number of benzene rings is 1. The van der Waals surface area contributed by atoms with Crippen LogP contribution in [0, 0.1) is 6.92 Å². The molecule has 0 aliphatic carbocycles. The summed E-state index contributed by atoms with van der Waals surface area (Å²) in [6.07, 6.45) is 6.83. The van der Waals surface area contributed by atoms with Crippen LogP contribution < -0.4 is 0 Å². The van der Waals surface area contributed by atoms with E-state index < -0.39 is 0 Å². The van der Waals surface area contributed by atoms with Gasteiger partial charge in [-0.2, -0.15) is 5.10 Å². The molecular weight excluding hydrogens is 440 g/mol. The number of aryl methyl sites for hydroxylation is 1. The van der Waals surface area contributed by atoms with Crippen LogP contribution in [0.25, 0.3) is 0 Å². The molecule has 0 saturated carbocycles. The number of likely N-dealkylation sites (tertiary alicyclic amines) is 1. The topological polar surface area (TPSA) is 81.2 Å². The van der Waals surface area contributed by atoms with Crippen molar-refractivity contribution in [3.8, 4) is 0 Å². The predicted molar refractivity (Wildman–Crippen MR) is 125 cm³/mol. The van der Waals surface area contributed by atoms with Crippen LogP contribution in [0.4, 0.5) is 0 Å². The van der Waals surface area contributed by atoms with Crippen LogP contribution in [-0.4, -0.2) is 60.6 Å². The van der Waals surface area contributed by atoms with Crippen LogP contribution in [0.1, 0.15) is 47.8 Å². The first-order valence-electron chi connectivity index (χ1n) is 11.7. The quantitative estimate of drug-likeness (QED) is 0.596. The lowest BCUT2D eigenvalue weighted by Gasteiger charge is -2.48. The molecular formula is C24H31ClN6O2. The van der Waals surface area contributed by atoms with E-state index in [1.165, 1.54) is 11.1 Å². The molecule has 2 aliphatic rings. The molecule has 1 aromatic carbocycles. The summed E-state index contributed by atoms with van der Waals surface area (Å²) in [6, 6.07) is 6.61. The Morgan fingerprint density at radius 3 is 2.94 bits per heavy atom. The Bertz CT molecular complexity index is 1130. The fourth-order valence-corrected chi connectivity index (χ4v) is 5.46. The van der Waals surface area contributed by atoms with Gasteiger partial charge in [0, 0.05) is 35.9 Å². The normalized spacial score (nSPS) is 23.2. The van der Waals surface area contributed by atoms with Crippen molar-refractivity contribution in [2.75, 3.05) is 19.8 Å². The summed E-state index contributed by atoms with van der Waals surface area (Å²) >= 11 is 6.34. The van der Waals surface area contributed by atoms with Gasteiger partial charge in [-0.05, 0) is 56.4 Å². The molecule has 2 aliphatic heterocycles. The van der Waals surface area contributed by atoms with Crippen LogP contribution in [0.15, 0.2) is 30.6 Å². The molecule has 9 heteroatoms. The Hall–Kier alpha value is -2.26. The van der Waals surface area contributed by atoms with E-state index in [-0.39, 0.29) is 12.2 Å². The third-order valence-corrected chi connectivity index (χ3v) is 7.26. The number of hydrogen-bond acceptors (Lipinski definition) is 6. The molecule has 4 heterocycles. The Labute approximate surface area is 199 Å². The number of hydrogen-bond donors (Lipinski definition) is 1. The minimum Gasteiger partial charge on any atom is -0.394 e. The van der Waals surface area contributed by atoms with Crippen LogP contribution in [0.5, 0.6) is 0 Å². The minimum absolute atomic E-state index is 0.0764. The van der Waals surface area contributed by atoms with Gasteiger partial charge in [0.15, 0.2) is 0 Å². The predicted octanol–water partition coefficient (Wildman–Crippen LogP) is 2.93. The van der Waals surface area contributed by atoms with Crippen LogP contribution in [-0.2, 0) is 36.4 Å². The van der Waals surface area contributed by atoms with Crippen molar-refractivity contribution in [1.29, 1.82) is 0 Å². The van der Waals surface area contributed by atoms with Gasteiger partial charge in [0.1, 0.15) is 0 Å². The first-order chi connectivity index (χ1) is 16.0. The zero-order valence-electron chi connectivity index (χ0n) is 19.2.